The van der Waals surface area contributed by atoms with Crippen LogP contribution in [0.2, 0.25) is 0 Å². The first-order valence-corrected chi connectivity index (χ1v) is 19.8. The predicted molar refractivity (Wildman–Crippen MR) is 187 cm³/mol. The van der Waals surface area contributed by atoms with E-state index in [1.165, 1.54) is 77.0 Å². The fourth-order valence-electron chi connectivity index (χ4n) is 4.74. The standard InChI is InChI=1S/C36H67O10P/c1-3-5-7-9-11-12-13-14-15-16-17-18-19-20-22-23-25-27-35(39)43-31-34(32-45-47(41,42)44-30-33(38)29-37)46-36(40)28-26-24-21-10-8-6-4-2/h17-18,20,22,33-34,37-38H,3-16,19,21,23-32H2,1-2H3,(H,41,42)/b18-17+,22-20+/t33-,34+/m1/s1. The van der Waals surface area contributed by atoms with E-state index in [0.29, 0.717) is 12.8 Å². The van der Waals surface area contributed by atoms with Gasteiger partial charge in [0.2, 0.25) is 0 Å². The lowest BCUT2D eigenvalue weighted by molar-refractivity contribution is -0.161. The maximum Gasteiger partial charge on any atom is 0.472 e. The molecule has 0 saturated carbocycles. The fraction of sp³-hybridized carbons (Fsp3) is 0.833. The fourth-order valence-corrected chi connectivity index (χ4v) is 5.53. The van der Waals surface area contributed by atoms with E-state index in [4.69, 9.17) is 19.1 Å². The summed E-state index contributed by atoms with van der Waals surface area (Å²) in [7, 11) is -4.61. The van der Waals surface area contributed by atoms with E-state index >= 15 is 0 Å². The summed E-state index contributed by atoms with van der Waals surface area (Å²) in [5, 5.41) is 18.2. The minimum absolute atomic E-state index is 0.176. The van der Waals surface area contributed by atoms with Crippen LogP contribution in [-0.4, -0.2) is 65.7 Å². The van der Waals surface area contributed by atoms with Gasteiger partial charge in [0, 0.05) is 12.8 Å². The Balaban J connectivity index is 4.34. The third-order valence-corrected chi connectivity index (χ3v) is 8.56. The smallest absolute Gasteiger partial charge is 0.462 e. The number of rotatable bonds is 34. The first-order chi connectivity index (χ1) is 22.7. The van der Waals surface area contributed by atoms with Crippen molar-refractivity contribution in [3.63, 3.8) is 0 Å². The van der Waals surface area contributed by atoms with Gasteiger partial charge >= 0.3 is 19.8 Å². The number of carbonyl (C=O) groups is 2. The molecule has 0 spiro atoms. The molecule has 0 amide bonds. The number of hydrogen-bond donors (Lipinski definition) is 3. The van der Waals surface area contributed by atoms with Crippen molar-refractivity contribution in [3.8, 4) is 0 Å². The molecule has 0 aliphatic heterocycles. The zero-order valence-corrected chi connectivity index (χ0v) is 30.4. The van der Waals surface area contributed by atoms with Crippen LogP contribution in [0.1, 0.15) is 155 Å². The molecular formula is C36H67O10P. The van der Waals surface area contributed by atoms with E-state index < -0.39 is 51.8 Å². The van der Waals surface area contributed by atoms with Gasteiger partial charge in [0.15, 0.2) is 6.10 Å². The quantitative estimate of drug-likeness (QED) is 0.0259. The predicted octanol–water partition coefficient (Wildman–Crippen LogP) is 8.66. The molecule has 0 aromatic rings. The summed E-state index contributed by atoms with van der Waals surface area (Å²) >= 11 is 0. The van der Waals surface area contributed by atoms with Gasteiger partial charge in [0.25, 0.3) is 0 Å². The summed E-state index contributed by atoms with van der Waals surface area (Å²) in [6.45, 7) is 2.26. The van der Waals surface area contributed by atoms with Crippen molar-refractivity contribution in [3.05, 3.63) is 24.3 Å². The molecule has 3 N–H and O–H groups in total. The minimum atomic E-state index is -4.61. The van der Waals surface area contributed by atoms with Gasteiger partial charge in [-0.15, -0.1) is 0 Å². The number of aliphatic hydroxyl groups excluding tert-OH is 2. The Bertz CT molecular complexity index is 848. The highest BCUT2D eigenvalue weighted by atomic mass is 31.2. The van der Waals surface area contributed by atoms with Crippen molar-refractivity contribution in [1.29, 1.82) is 0 Å². The molecule has 0 aromatic carbocycles. The Morgan fingerprint density at radius 1 is 0.638 bits per heavy atom. The van der Waals surface area contributed by atoms with Crippen LogP contribution in [0.25, 0.3) is 0 Å². The molecule has 11 heteroatoms. The topological polar surface area (TPSA) is 149 Å². The second-order valence-electron chi connectivity index (χ2n) is 12.3. The molecule has 0 saturated heterocycles. The van der Waals surface area contributed by atoms with E-state index in [0.717, 1.165) is 38.5 Å². The summed E-state index contributed by atoms with van der Waals surface area (Å²) < 4.78 is 32.4. The first-order valence-electron chi connectivity index (χ1n) is 18.3. The lowest BCUT2D eigenvalue weighted by Gasteiger charge is -2.20. The van der Waals surface area contributed by atoms with Crippen molar-refractivity contribution in [2.24, 2.45) is 0 Å². The van der Waals surface area contributed by atoms with Gasteiger partial charge < -0.3 is 24.6 Å². The normalized spacial score (nSPS) is 14.4. The Kier molecular flexibility index (Phi) is 31.9. The van der Waals surface area contributed by atoms with Crippen LogP contribution in [0.5, 0.6) is 0 Å². The molecule has 276 valence electrons. The number of phosphoric acid groups is 1. The third kappa shape index (κ3) is 32.8. The van der Waals surface area contributed by atoms with Gasteiger partial charge in [0.1, 0.15) is 12.7 Å². The Hall–Kier alpha value is -1.55. The van der Waals surface area contributed by atoms with Gasteiger partial charge in [0.05, 0.1) is 19.8 Å². The number of phosphoric ester groups is 1. The summed E-state index contributed by atoms with van der Waals surface area (Å²) in [5.41, 5.74) is 0. The van der Waals surface area contributed by atoms with Crippen LogP contribution >= 0.6 is 7.82 Å². The number of ether oxygens (including phenoxy) is 2. The third-order valence-electron chi connectivity index (χ3n) is 7.61. The second-order valence-corrected chi connectivity index (χ2v) is 13.7. The number of unbranched alkanes of at least 4 members (excludes halogenated alkanes) is 16. The maximum atomic E-state index is 12.4. The zero-order valence-electron chi connectivity index (χ0n) is 29.5. The molecule has 0 radical (unpaired) electrons. The highest BCUT2D eigenvalue weighted by molar-refractivity contribution is 7.47. The van der Waals surface area contributed by atoms with E-state index in [2.05, 4.69) is 36.6 Å². The van der Waals surface area contributed by atoms with Crippen LogP contribution in [0, 0.1) is 0 Å². The number of carbonyl (C=O) groups excluding carboxylic acids is 2. The molecule has 3 atom stereocenters. The van der Waals surface area contributed by atoms with Gasteiger partial charge in [-0.3, -0.25) is 18.6 Å². The van der Waals surface area contributed by atoms with Crippen LogP contribution < -0.4 is 0 Å². The SMILES string of the molecule is CCCCCCCCCCC/C=C/C/C=C/CCCC(=O)OC[C@@H](COP(=O)(O)OC[C@H](O)CO)OC(=O)CCCCCCCCC. The average molecular weight is 691 g/mol. The second kappa shape index (κ2) is 33.0. The molecular weight excluding hydrogens is 623 g/mol. The molecule has 47 heavy (non-hydrogen) atoms. The summed E-state index contributed by atoms with van der Waals surface area (Å²) in [6, 6.07) is 0. The van der Waals surface area contributed by atoms with Crippen LogP contribution in [0.3, 0.4) is 0 Å². The first kappa shape index (κ1) is 45.5. The number of aliphatic hydroxyl groups is 2. The summed E-state index contributed by atoms with van der Waals surface area (Å²) in [4.78, 5) is 34.6. The molecule has 0 heterocycles. The van der Waals surface area contributed by atoms with Gasteiger partial charge in [-0.1, -0.05) is 128 Å². The monoisotopic (exact) mass is 690 g/mol. The number of esters is 2. The summed E-state index contributed by atoms with van der Waals surface area (Å²) in [6.07, 6.45) is 29.0. The molecule has 10 nitrogen and oxygen atoms in total. The Morgan fingerprint density at radius 3 is 1.70 bits per heavy atom. The van der Waals surface area contributed by atoms with Crippen LogP contribution in [0.4, 0.5) is 0 Å². The summed E-state index contributed by atoms with van der Waals surface area (Å²) in [5.74, 6) is -0.984. The largest absolute Gasteiger partial charge is 0.472 e. The molecule has 0 aliphatic rings. The van der Waals surface area contributed by atoms with Gasteiger partial charge in [-0.05, 0) is 38.5 Å². The number of hydrogen-bond acceptors (Lipinski definition) is 9. The van der Waals surface area contributed by atoms with Crippen molar-refractivity contribution in [2.75, 3.05) is 26.4 Å². The van der Waals surface area contributed by atoms with E-state index in [1.54, 1.807) is 0 Å². The molecule has 1 unspecified atom stereocenters. The van der Waals surface area contributed by atoms with Crippen LogP contribution in [-0.2, 0) is 32.7 Å². The maximum absolute atomic E-state index is 12.4. The molecule has 0 bridgehead atoms. The lowest BCUT2D eigenvalue weighted by Crippen LogP contribution is -2.29. The van der Waals surface area contributed by atoms with Crippen molar-refractivity contribution >= 4 is 19.8 Å². The minimum Gasteiger partial charge on any atom is -0.462 e. The zero-order chi connectivity index (χ0) is 34.9. The van der Waals surface area contributed by atoms with E-state index in [-0.39, 0.29) is 19.4 Å². The van der Waals surface area contributed by atoms with Crippen molar-refractivity contribution < 1.29 is 47.8 Å². The molecule has 0 fully saturated rings. The van der Waals surface area contributed by atoms with E-state index in [1.807, 2.05) is 6.08 Å². The molecule has 0 rings (SSSR count). The highest BCUT2D eigenvalue weighted by Crippen LogP contribution is 2.43. The molecule has 0 aliphatic carbocycles. The Morgan fingerprint density at radius 2 is 1.13 bits per heavy atom. The van der Waals surface area contributed by atoms with Crippen LogP contribution in [0.15, 0.2) is 24.3 Å². The highest BCUT2D eigenvalue weighted by Gasteiger charge is 2.27. The average Bonchev–Trinajstić information content (AvgIpc) is 3.05. The van der Waals surface area contributed by atoms with Crippen molar-refractivity contribution in [2.45, 2.75) is 167 Å². The lowest BCUT2D eigenvalue weighted by atomic mass is 10.1. The number of allylic oxidation sites excluding steroid dienone is 4. The Labute approximate surface area is 285 Å². The van der Waals surface area contributed by atoms with Gasteiger partial charge in [-0.2, -0.15) is 0 Å². The van der Waals surface area contributed by atoms with Crippen molar-refractivity contribution in [1.82, 2.24) is 0 Å². The van der Waals surface area contributed by atoms with E-state index in [9.17, 15) is 24.2 Å². The molecule has 0 aromatic heterocycles. The van der Waals surface area contributed by atoms with Gasteiger partial charge in [-0.25, -0.2) is 4.57 Å².